The van der Waals surface area contributed by atoms with Crippen molar-refractivity contribution >= 4 is 17.7 Å². The predicted octanol–water partition coefficient (Wildman–Crippen LogP) is 3.04. The number of amides is 1. The first kappa shape index (κ1) is 16.0. The lowest BCUT2D eigenvalue weighted by Gasteiger charge is -2.06. The highest BCUT2D eigenvalue weighted by atomic mass is 19.4. The molecule has 8 heteroatoms. The van der Waals surface area contributed by atoms with Gasteiger partial charge in [-0.2, -0.15) is 23.4 Å². The van der Waals surface area contributed by atoms with E-state index in [1.807, 2.05) is 30.3 Å². The topological polar surface area (TPSA) is 50.5 Å². The van der Waals surface area contributed by atoms with E-state index >= 15 is 0 Å². The lowest BCUT2D eigenvalue weighted by molar-refractivity contribution is -0.125. The van der Waals surface area contributed by atoms with Gasteiger partial charge in [-0.05, 0) is 25.1 Å². The molecule has 0 fully saturated rings. The Kier molecular flexibility index (Phi) is 3.96. The number of carbonyl (C=O) groups is 1. The quantitative estimate of drug-likeness (QED) is 0.810. The molecule has 0 aliphatic carbocycles. The van der Waals surface area contributed by atoms with Gasteiger partial charge in [-0.1, -0.05) is 18.2 Å². The van der Waals surface area contributed by atoms with Crippen molar-refractivity contribution in [3.63, 3.8) is 0 Å². The van der Waals surface area contributed by atoms with Crippen LogP contribution in [0.25, 0.3) is 11.8 Å². The number of alkyl halides is 3. The fourth-order valence-electron chi connectivity index (χ4n) is 2.31. The van der Waals surface area contributed by atoms with Crippen LogP contribution in [0, 0.1) is 0 Å². The highest BCUT2D eigenvalue weighted by Crippen LogP contribution is 2.29. The Balaban J connectivity index is 1.97. The molecule has 1 aliphatic rings. The van der Waals surface area contributed by atoms with E-state index in [0.717, 1.165) is 16.8 Å². The summed E-state index contributed by atoms with van der Waals surface area (Å²) in [6.07, 6.45) is -0.578. The zero-order valence-corrected chi connectivity index (χ0v) is 12.7. The molecule has 0 saturated heterocycles. The minimum absolute atomic E-state index is 0.0685. The smallest absolute Gasteiger partial charge is 0.267 e. The van der Waals surface area contributed by atoms with Crippen LogP contribution in [0.1, 0.15) is 12.5 Å². The summed E-state index contributed by atoms with van der Waals surface area (Å²) in [5.41, 5.74) is -0.504. The van der Waals surface area contributed by atoms with E-state index in [0.29, 0.717) is 5.56 Å². The third-order valence-electron chi connectivity index (χ3n) is 3.44. The minimum Gasteiger partial charge on any atom is -0.267 e. The number of likely N-dealkylation sites (N-methyl/N-ethyl adjacent to an activating group) is 1. The van der Waals surface area contributed by atoms with Crippen LogP contribution in [-0.2, 0) is 4.79 Å². The van der Waals surface area contributed by atoms with E-state index in [1.165, 1.54) is 10.9 Å². The first-order valence-electron chi connectivity index (χ1n) is 7.20. The van der Waals surface area contributed by atoms with Crippen molar-refractivity contribution in [2.24, 2.45) is 5.10 Å². The molecule has 1 aliphatic heterocycles. The zero-order valence-electron chi connectivity index (χ0n) is 12.7. The maximum Gasteiger partial charge on any atom is 0.435 e. The Labute approximate surface area is 135 Å². The summed E-state index contributed by atoms with van der Waals surface area (Å²) in [7, 11) is 0. The number of carbonyl (C=O) groups excluding carboxylic acids is 1. The van der Waals surface area contributed by atoms with Gasteiger partial charge in [0.25, 0.3) is 5.91 Å². The van der Waals surface area contributed by atoms with E-state index in [2.05, 4.69) is 10.2 Å². The summed E-state index contributed by atoms with van der Waals surface area (Å²) in [5.74, 6) is -0.766. The lowest BCUT2D eigenvalue weighted by atomic mass is 10.1. The zero-order chi connectivity index (χ0) is 17.3. The largest absolute Gasteiger partial charge is 0.435 e. The van der Waals surface area contributed by atoms with E-state index in [-0.39, 0.29) is 6.54 Å². The molecular weight excluding hydrogens is 321 g/mol. The van der Waals surface area contributed by atoms with Gasteiger partial charge in [0.05, 0.1) is 17.5 Å². The van der Waals surface area contributed by atoms with Crippen molar-refractivity contribution in [1.29, 1.82) is 0 Å². The van der Waals surface area contributed by atoms with E-state index in [4.69, 9.17) is 0 Å². The molecule has 1 aromatic carbocycles. The maximum atomic E-state index is 13.1. The number of nitrogens with zero attached hydrogens (tertiary/aromatic N) is 4. The Morgan fingerprint density at radius 3 is 2.54 bits per heavy atom. The highest BCUT2D eigenvalue weighted by Gasteiger charge is 2.46. The Bertz CT molecular complexity index is 821. The summed E-state index contributed by atoms with van der Waals surface area (Å²) in [5, 5.41) is 8.29. The summed E-state index contributed by atoms with van der Waals surface area (Å²) >= 11 is 0. The third-order valence-corrected chi connectivity index (χ3v) is 3.44. The fraction of sp³-hybridized carbons (Fsp3) is 0.188. The van der Waals surface area contributed by atoms with Crippen LogP contribution in [0.4, 0.5) is 13.2 Å². The normalized spacial score (nSPS) is 16.8. The lowest BCUT2D eigenvalue weighted by Crippen LogP contribution is -2.25. The van der Waals surface area contributed by atoms with E-state index in [9.17, 15) is 18.0 Å². The van der Waals surface area contributed by atoms with E-state index < -0.39 is 23.4 Å². The molecule has 0 radical (unpaired) electrons. The van der Waals surface area contributed by atoms with Crippen LogP contribution < -0.4 is 0 Å². The molecule has 0 N–H and O–H groups in total. The van der Waals surface area contributed by atoms with Gasteiger partial charge < -0.3 is 0 Å². The Morgan fingerprint density at radius 2 is 1.92 bits per heavy atom. The van der Waals surface area contributed by atoms with Gasteiger partial charge in [0.1, 0.15) is 0 Å². The fourth-order valence-corrected chi connectivity index (χ4v) is 2.31. The van der Waals surface area contributed by atoms with Crippen molar-refractivity contribution in [3.8, 4) is 5.69 Å². The number of hydrogen-bond acceptors (Lipinski definition) is 3. The molecule has 3 rings (SSSR count). The average Bonchev–Trinajstić information content (AvgIpc) is 3.14. The highest BCUT2D eigenvalue weighted by molar-refractivity contribution is 6.29. The van der Waals surface area contributed by atoms with Gasteiger partial charge in [-0.15, -0.1) is 0 Å². The van der Waals surface area contributed by atoms with Gasteiger partial charge in [-0.25, -0.2) is 9.69 Å². The second kappa shape index (κ2) is 5.95. The number of para-hydroxylation sites is 1. The molecule has 1 aromatic heterocycles. The molecule has 2 heterocycles. The standard InChI is InChI=1S/C16H13F3N4O/c1-2-22-15(24)13(14(21-22)16(17,18)19)8-11-9-20-23(10-11)12-6-4-3-5-7-12/h3-10H,2H2,1H3/b13-8+. The van der Waals surface area contributed by atoms with Crippen LogP contribution in [0.3, 0.4) is 0 Å². The van der Waals surface area contributed by atoms with Gasteiger partial charge >= 0.3 is 6.18 Å². The van der Waals surface area contributed by atoms with Crippen LogP contribution >= 0.6 is 0 Å². The summed E-state index contributed by atoms with van der Waals surface area (Å²) in [6.45, 7) is 1.63. The molecule has 24 heavy (non-hydrogen) atoms. The van der Waals surface area contributed by atoms with Crippen molar-refractivity contribution in [2.45, 2.75) is 13.1 Å². The molecule has 0 bridgehead atoms. The summed E-state index contributed by atoms with van der Waals surface area (Å²) in [6, 6.07) is 9.11. The van der Waals surface area contributed by atoms with Crippen LogP contribution in [0.5, 0.6) is 0 Å². The second-order valence-corrected chi connectivity index (χ2v) is 5.08. The molecule has 0 saturated carbocycles. The Morgan fingerprint density at radius 1 is 1.21 bits per heavy atom. The second-order valence-electron chi connectivity index (χ2n) is 5.08. The van der Waals surface area contributed by atoms with Crippen LogP contribution in [-0.4, -0.2) is 39.1 Å². The molecule has 0 atom stereocenters. The number of aromatic nitrogens is 2. The molecule has 0 spiro atoms. The van der Waals surface area contributed by atoms with E-state index in [1.54, 1.807) is 13.1 Å². The number of rotatable bonds is 3. The molecular formula is C16H13F3N4O. The maximum absolute atomic E-state index is 13.1. The molecule has 0 unspecified atom stereocenters. The first-order chi connectivity index (χ1) is 11.4. The van der Waals surface area contributed by atoms with Gasteiger partial charge in [0, 0.05) is 18.3 Å². The molecule has 1 amide bonds. The number of halogens is 3. The monoisotopic (exact) mass is 334 g/mol. The minimum atomic E-state index is -4.69. The SMILES string of the molecule is CCN1N=C(C(F)(F)F)/C(=C\c2cnn(-c3ccccc3)c2)C1=O. The number of hydrazone groups is 1. The van der Waals surface area contributed by atoms with Crippen LogP contribution in [0.2, 0.25) is 0 Å². The number of hydrogen-bond donors (Lipinski definition) is 0. The van der Waals surface area contributed by atoms with Crippen molar-refractivity contribution in [3.05, 3.63) is 53.9 Å². The Hall–Kier alpha value is -2.90. The molecule has 124 valence electrons. The molecule has 5 nitrogen and oxygen atoms in total. The molecule has 2 aromatic rings. The van der Waals surface area contributed by atoms with Crippen molar-refractivity contribution < 1.29 is 18.0 Å². The van der Waals surface area contributed by atoms with Crippen molar-refractivity contribution in [1.82, 2.24) is 14.8 Å². The summed E-state index contributed by atoms with van der Waals surface area (Å²) in [4.78, 5) is 12.1. The third kappa shape index (κ3) is 2.94. The summed E-state index contributed by atoms with van der Waals surface area (Å²) < 4.78 is 40.8. The van der Waals surface area contributed by atoms with Gasteiger partial charge in [-0.3, -0.25) is 4.79 Å². The number of benzene rings is 1. The van der Waals surface area contributed by atoms with Gasteiger partial charge in [0.2, 0.25) is 0 Å². The average molecular weight is 334 g/mol. The van der Waals surface area contributed by atoms with Crippen molar-refractivity contribution in [2.75, 3.05) is 6.54 Å². The van der Waals surface area contributed by atoms with Gasteiger partial charge in [0.15, 0.2) is 5.71 Å². The predicted molar refractivity (Wildman–Crippen MR) is 82.4 cm³/mol. The van der Waals surface area contributed by atoms with Crippen LogP contribution in [0.15, 0.2) is 53.4 Å². The first-order valence-corrected chi connectivity index (χ1v) is 7.20.